The van der Waals surface area contributed by atoms with Crippen LogP contribution in [0.2, 0.25) is 0 Å². The van der Waals surface area contributed by atoms with Crippen molar-refractivity contribution in [3.63, 3.8) is 0 Å². The molecule has 1 N–H and O–H groups in total. The topological polar surface area (TPSA) is 92.9 Å². The maximum absolute atomic E-state index is 12.2. The average molecular weight is 326 g/mol. The number of likely N-dealkylation sites (tertiary alicyclic amines) is 1. The third-order valence-electron chi connectivity index (χ3n) is 4.24. The number of carbonyl (C=O) groups is 1. The molecule has 1 aromatic rings. The Bertz CT molecular complexity index is 627. The third kappa shape index (κ3) is 2.36. The minimum atomic E-state index is -0.930. The van der Waals surface area contributed by atoms with Crippen molar-refractivity contribution in [2.24, 2.45) is 0 Å². The zero-order valence-electron chi connectivity index (χ0n) is 12.4. The smallest absolute Gasteiger partial charge is 0.328 e. The number of nitrogens with zero attached hydrogens (tertiary/aromatic N) is 2. The Labute approximate surface area is 131 Å². The summed E-state index contributed by atoms with van der Waals surface area (Å²) in [6.07, 6.45) is 1.24. The van der Waals surface area contributed by atoms with E-state index in [0.29, 0.717) is 23.6 Å². The fourth-order valence-electron chi connectivity index (χ4n) is 3.05. The van der Waals surface area contributed by atoms with Crippen LogP contribution in [0.5, 0.6) is 5.75 Å². The number of ether oxygens (including phenoxy) is 1. The first-order valence-electron chi connectivity index (χ1n) is 7.26. The molecule has 2 atom stereocenters. The highest BCUT2D eigenvalue weighted by Crippen LogP contribution is 2.49. The number of piperidine rings is 1. The van der Waals surface area contributed by atoms with Gasteiger partial charge in [0.25, 0.3) is 0 Å². The second-order valence-electron chi connectivity index (χ2n) is 6.21. The summed E-state index contributed by atoms with van der Waals surface area (Å²) in [6.45, 7) is 4.01. The van der Waals surface area contributed by atoms with Crippen LogP contribution in [-0.2, 0) is 4.79 Å². The minimum Gasteiger partial charge on any atom is -0.484 e. The highest BCUT2D eigenvalue weighted by atomic mass is 32.1. The molecule has 0 aromatic carbocycles. The van der Waals surface area contributed by atoms with Crippen molar-refractivity contribution in [3.8, 4) is 5.75 Å². The van der Waals surface area contributed by atoms with Crippen LogP contribution < -0.4 is 4.74 Å². The Morgan fingerprint density at radius 1 is 1.50 bits per heavy atom. The largest absolute Gasteiger partial charge is 0.484 e. The number of rotatable bonds is 2. The fourth-order valence-corrected chi connectivity index (χ4v) is 4.10. The molecule has 120 valence electrons. The molecule has 3 heterocycles. The van der Waals surface area contributed by atoms with E-state index in [1.807, 2.05) is 0 Å². The Morgan fingerprint density at radius 3 is 2.86 bits per heavy atom. The molecule has 0 radical (unpaired) electrons. The van der Waals surface area contributed by atoms with Crippen molar-refractivity contribution in [2.45, 2.75) is 50.9 Å². The molecule has 0 saturated carbocycles. The summed E-state index contributed by atoms with van der Waals surface area (Å²) in [5, 5.41) is 21.7. The molecule has 2 aliphatic heterocycles. The molecule has 0 spiro atoms. The highest BCUT2D eigenvalue weighted by Gasteiger charge is 2.48. The molecule has 1 amide bonds. The maximum atomic E-state index is 12.2. The van der Waals surface area contributed by atoms with E-state index in [9.17, 15) is 20.0 Å². The standard InChI is InChI=1S/C14H18N2O5S/c1-14(2)13(18)11(15-6-4-3-5-9(15)17)12-8(21-14)7-10(22-12)16(19)20/h7,11,13,18H,3-6H2,1-2H3/t11?,13-/m0/s1. The number of aliphatic hydroxyl groups is 1. The summed E-state index contributed by atoms with van der Waals surface area (Å²) in [4.78, 5) is 25.0. The number of nitro groups is 1. The van der Waals surface area contributed by atoms with E-state index >= 15 is 0 Å². The van der Waals surface area contributed by atoms with Gasteiger partial charge in [0.1, 0.15) is 17.5 Å². The number of fused-ring (bicyclic) bond motifs is 1. The van der Waals surface area contributed by atoms with Crippen molar-refractivity contribution in [1.82, 2.24) is 4.90 Å². The predicted octanol–water partition coefficient (Wildman–Crippen LogP) is 2.24. The Morgan fingerprint density at radius 2 is 2.23 bits per heavy atom. The van der Waals surface area contributed by atoms with E-state index < -0.39 is 22.7 Å². The first-order chi connectivity index (χ1) is 10.3. The van der Waals surface area contributed by atoms with E-state index in [2.05, 4.69) is 0 Å². The van der Waals surface area contributed by atoms with Crippen LogP contribution in [0.15, 0.2) is 6.07 Å². The monoisotopic (exact) mass is 326 g/mol. The Hall–Kier alpha value is -1.67. The van der Waals surface area contributed by atoms with Crippen LogP contribution >= 0.6 is 11.3 Å². The number of carbonyl (C=O) groups excluding carboxylic acids is 1. The first kappa shape index (κ1) is 15.2. The lowest BCUT2D eigenvalue weighted by Gasteiger charge is -2.45. The summed E-state index contributed by atoms with van der Waals surface area (Å²) < 4.78 is 5.74. The first-order valence-corrected chi connectivity index (χ1v) is 8.07. The van der Waals surface area contributed by atoms with E-state index in [-0.39, 0.29) is 10.9 Å². The molecule has 3 rings (SSSR count). The van der Waals surface area contributed by atoms with Crippen LogP contribution in [0, 0.1) is 10.1 Å². The Balaban J connectivity index is 2.07. The maximum Gasteiger partial charge on any atom is 0.328 e. The van der Waals surface area contributed by atoms with Crippen LogP contribution in [0.4, 0.5) is 5.00 Å². The van der Waals surface area contributed by atoms with Crippen LogP contribution in [0.1, 0.15) is 44.0 Å². The van der Waals surface area contributed by atoms with Crippen molar-refractivity contribution in [3.05, 3.63) is 21.1 Å². The van der Waals surface area contributed by atoms with Crippen LogP contribution in [0.25, 0.3) is 0 Å². The van der Waals surface area contributed by atoms with Crippen molar-refractivity contribution in [2.75, 3.05) is 6.54 Å². The molecule has 1 unspecified atom stereocenters. The van der Waals surface area contributed by atoms with Crippen molar-refractivity contribution in [1.29, 1.82) is 0 Å². The molecule has 1 fully saturated rings. The lowest BCUT2D eigenvalue weighted by molar-refractivity contribution is -0.380. The molecule has 1 saturated heterocycles. The number of thiophene rings is 1. The third-order valence-corrected chi connectivity index (χ3v) is 5.38. The lowest BCUT2D eigenvalue weighted by atomic mass is 9.88. The Kier molecular flexibility index (Phi) is 3.60. The van der Waals surface area contributed by atoms with Gasteiger partial charge in [-0.2, -0.15) is 0 Å². The van der Waals surface area contributed by atoms with Gasteiger partial charge in [0.05, 0.1) is 21.9 Å². The predicted molar refractivity (Wildman–Crippen MR) is 80.0 cm³/mol. The molecule has 7 nitrogen and oxygen atoms in total. The quantitative estimate of drug-likeness (QED) is 0.664. The second kappa shape index (κ2) is 5.20. The lowest BCUT2D eigenvalue weighted by Crippen LogP contribution is -2.55. The SMILES string of the molecule is CC1(C)Oc2cc([N+](=O)[O-])sc2C(N2CCCCC2=O)[C@@H]1O. The van der Waals surface area contributed by atoms with Crippen LogP contribution in [0.3, 0.4) is 0 Å². The van der Waals surface area contributed by atoms with Gasteiger partial charge < -0.3 is 14.7 Å². The zero-order valence-corrected chi connectivity index (χ0v) is 13.3. The van der Waals surface area contributed by atoms with Crippen LogP contribution in [-0.4, -0.2) is 39.1 Å². The van der Waals surface area contributed by atoms with Gasteiger partial charge in [-0.1, -0.05) is 11.3 Å². The van der Waals surface area contributed by atoms with E-state index in [1.165, 1.54) is 6.07 Å². The number of aliphatic hydroxyl groups excluding tert-OH is 1. The molecular formula is C14H18N2O5S. The summed E-state index contributed by atoms with van der Waals surface area (Å²) in [5.74, 6) is 0.380. The van der Waals surface area contributed by atoms with E-state index in [4.69, 9.17) is 4.74 Å². The van der Waals surface area contributed by atoms with Gasteiger partial charge in [-0.25, -0.2) is 0 Å². The minimum absolute atomic E-state index is 0.0185. The summed E-state index contributed by atoms with van der Waals surface area (Å²) in [6, 6.07) is 0.806. The van der Waals surface area contributed by atoms with Gasteiger partial charge in [-0.05, 0) is 26.7 Å². The second-order valence-corrected chi connectivity index (χ2v) is 7.27. The molecular weight excluding hydrogens is 308 g/mol. The van der Waals surface area contributed by atoms with Gasteiger partial charge in [0.15, 0.2) is 0 Å². The molecule has 1 aromatic heterocycles. The molecule has 0 bridgehead atoms. The van der Waals surface area contributed by atoms with Crippen molar-refractivity contribution >= 4 is 22.2 Å². The van der Waals surface area contributed by atoms with Crippen molar-refractivity contribution < 1.29 is 19.6 Å². The molecule has 22 heavy (non-hydrogen) atoms. The van der Waals surface area contributed by atoms with Gasteiger partial charge in [-0.3, -0.25) is 14.9 Å². The fraction of sp³-hybridized carbons (Fsp3) is 0.643. The van der Waals surface area contributed by atoms with Gasteiger partial charge in [0, 0.05) is 13.0 Å². The van der Waals surface area contributed by atoms with E-state index in [0.717, 1.165) is 24.2 Å². The number of hydrogen-bond acceptors (Lipinski definition) is 6. The molecule has 8 heteroatoms. The highest BCUT2D eigenvalue weighted by molar-refractivity contribution is 7.15. The summed E-state index contributed by atoms with van der Waals surface area (Å²) >= 11 is 0.974. The zero-order chi connectivity index (χ0) is 16.1. The van der Waals surface area contributed by atoms with E-state index in [1.54, 1.807) is 18.7 Å². The van der Waals surface area contributed by atoms with Gasteiger partial charge in [0.2, 0.25) is 5.91 Å². The van der Waals surface area contributed by atoms with Gasteiger partial charge >= 0.3 is 5.00 Å². The number of amides is 1. The number of hydrogen-bond donors (Lipinski definition) is 1. The summed E-state index contributed by atoms with van der Waals surface area (Å²) in [7, 11) is 0. The summed E-state index contributed by atoms with van der Waals surface area (Å²) in [5.41, 5.74) is -0.912. The normalized spacial score (nSPS) is 27.2. The molecule has 2 aliphatic rings. The molecule has 0 aliphatic carbocycles. The van der Waals surface area contributed by atoms with Gasteiger partial charge in [-0.15, -0.1) is 0 Å². The average Bonchev–Trinajstić information content (AvgIpc) is 2.84.